The zero-order valence-corrected chi connectivity index (χ0v) is 11.8. The van der Waals surface area contributed by atoms with Gasteiger partial charge in [-0.2, -0.15) is 0 Å². The van der Waals surface area contributed by atoms with Crippen LogP contribution in [0.5, 0.6) is 5.75 Å². The maximum absolute atomic E-state index is 9.04. The number of rotatable bonds is 3. The standard InChI is InChI=1S/C15H21ClO2/c1-10-3-5-13(7-11(10)2)18-15-6-4-12(9-17)8-14(15)16/h4,6,8,10-11,13,17H,3,5,7,9H2,1-2H3. The van der Waals surface area contributed by atoms with Crippen LogP contribution in [-0.4, -0.2) is 11.2 Å². The van der Waals surface area contributed by atoms with Gasteiger partial charge < -0.3 is 9.84 Å². The molecule has 0 amide bonds. The predicted octanol–water partition coefficient (Wildman–Crippen LogP) is 4.04. The van der Waals surface area contributed by atoms with Gasteiger partial charge >= 0.3 is 0 Å². The van der Waals surface area contributed by atoms with Gasteiger partial charge in [-0.15, -0.1) is 0 Å². The minimum absolute atomic E-state index is 0.0119. The van der Waals surface area contributed by atoms with Crippen LogP contribution in [0.4, 0.5) is 0 Å². The summed E-state index contributed by atoms with van der Waals surface area (Å²) < 4.78 is 5.99. The van der Waals surface area contributed by atoms with Crippen molar-refractivity contribution in [3.05, 3.63) is 28.8 Å². The minimum Gasteiger partial charge on any atom is -0.489 e. The SMILES string of the molecule is CC1CCC(Oc2ccc(CO)cc2Cl)CC1C. The lowest BCUT2D eigenvalue weighted by Gasteiger charge is -2.32. The number of benzene rings is 1. The second-order valence-electron chi connectivity index (χ2n) is 5.43. The van der Waals surface area contributed by atoms with E-state index in [0.717, 1.165) is 30.1 Å². The van der Waals surface area contributed by atoms with Gasteiger partial charge in [-0.1, -0.05) is 31.5 Å². The van der Waals surface area contributed by atoms with Crippen LogP contribution in [0.2, 0.25) is 5.02 Å². The third-order valence-corrected chi connectivity index (χ3v) is 4.32. The smallest absolute Gasteiger partial charge is 0.138 e. The molecule has 18 heavy (non-hydrogen) atoms. The monoisotopic (exact) mass is 268 g/mol. The van der Waals surface area contributed by atoms with E-state index in [1.165, 1.54) is 6.42 Å². The van der Waals surface area contributed by atoms with E-state index in [2.05, 4.69) is 13.8 Å². The van der Waals surface area contributed by atoms with Crippen molar-refractivity contribution in [2.45, 2.75) is 45.8 Å². The minimum atomic E-state index is 0.0119. The second kappa shape index (κ2) is 5.94. The summed E-state index contributed by atoms with van der Waals surface area (Å²) in [4.78, 5) is 0. The highest BCUT2D eigenvalue weighted by atomic mass is 35.5. The molecule has 0 aliphatic heterocycles. The Morgan fingerprint density at radius 1 is 1.28 bits per heavy atom. The number of hydrogen-bond donors (Lipinski definition) is 1. The van der Waals surface area contributed by atoms with E-state index >= 15 is 0 Å². The normalized spacial score (nSPS) is 28.1. The first kappa shape index (κ1) is 13.7. The van der Waals surface area contributed by atoms with Gasteiger partial charge in [0.2, 0.25) is 0 Å². The zero-order chi connectivity index (χ0) is 13.1. The number of aliphatic hydroxyl groups is 1. The third kappa shape index (κ3) is 3.18. The van der Waals surface area contributed by atoms with Crippen LogP contribution < -0.4 is 4.74 Å². The number of halogens is 1. The Balaban J connectivity index is 2.01. The van der Waals surface area contributed by atoms with Crippen LogP contribution in [0.3, 0.4) is 0 Å². The van der Waals surface area contributed by atoms with Crippen molar-refractivity contribution in [1.82, 2.24) is 0 Å². The Bertz CT molecular complexity index is 405. The van der Waals surface area contributed by atoms with Crippen LogP contribution in [0, 0.1) is 11.8 Å². The Kier molecular flexibility index (Phi) is 4.52. The van der Waals surface area contributed by atoms with Crippen molar-refractivity contribution in [2.24, 2.45) is 11.8 Å². The lowest BCUT2D eigenvalue weighted by Crippen LogP contribution is -2.28. The molecule has 3 unspecified atom stereocenters. The van der Waals surface area contributed by atoms with Crippen LogP contribution in [0.1, 0.15) is 38.7 Å². The van der Waals surface area contributed by atoms with Crippen molar-refractivity contribution in [1.29, 1.82) is 0 Å². The molecule has 2 rings (SSSR count). The van der Waals surface area contributed by atoms with E-state index in [1.54, 1.807) is 6.07 Å². The quantitative estimate of drug-likeness (QED) is 0.897. The van der Waals surface area contributed by atoms with Gasteiger partial charge in [0.15, 0.2) is 0 Å². The molecule has 1 aliphatic carbocycles. The Labute approximate surface area is 114 Å². The fraction of sp³-hybridized carbons (Fsp3) is 0.600. The van der Waals surface area contributed by atoms with Crippen LogP contribution in [0.25, 0.3) is 0 Å². The molecule has 0 bridgehead atoms. The maximum atomic E-state index is 9.04. The molecular weight excluding hydrogens is 248 g/mol. The summed E-state index contributed by atoms with van der Waals surface area (Å²) in [6.07, 6.45) is 3.69. The highest BCUT2D eigenvalue weighted by Gasteiger charge is 2.26. The second-order valence-corrected chi connectivity index (χ2v) is 5.84. The highest BCUT2D eigenvalue weighted by molar-refractivity contribution is 6.32. The van der Waals surface area contributed by atoms with E-state index in [0.29, 0.717) is 10.9 Å². The van der Waals surface area contributed by atoms with Gasteiger partial charge in [-0.3, -0.25) is 0 Å². The molecule has 1 fully saturated rings. The zero-order valence-electron chi connectivity index (χ0n) is 11.0. The highest BCUT2D eigenvalue weighted by Crippen LogP contribution is 2.34. The summed E-state index contributed by atoms with van der Waals surface area (Å²) in [7, 11) is 0. The summed E-state index contributed by atoms with van der Waals surface area (Å²) in [6, 6.07) is 5.48. The summed E-state index contributed by atoms with van der Waals surface area (Å²) >= 11 is 6.16. The van der Waals surface area contributed by atoms with Crippen molar-refractivity contribution < 1.29 is 9.84 Å². The molecule has 1 N–H and O–H groups in total. The molecule has 0 heterocycles. The Hall–Kier alpha value is -0.730. The van der Waals surface area contributed by atoms with E-state index in [-0.39, 0.29) is 12.7 Å². The van der Waals surface area contributed by atoms with Crippen molar-refractivity contribution in [2.75, 3.05) is 0 Å². The molecule has 2 nitrogen and oxygen atoms in total. The number of aliphatic hydroxyl groups excluding tert-OH is 1. The third-order valence-electron chi connectivity index (χ3n) is 4.02. The van der Waals surface area contributed by atoms with Crippen LogP contribution in [-0.2, 0) is 6.61 Å². The topological polar surface area (TPSA) is 29.5 Å². The van der Waals surface area contributed by atoms with Gasteiger partial charge in [0.05, 0.1) is 17.7 Å². The summed E-state index contributed by atoms with van der Waals surface area (Å²) in [6.45, 7) is 4.61. The first-order valence-electron chi connectivity index (χ1n) is 6.66. The van der Waals surface area contributed by atoms with Gasteiger partial charge in [0, 0.05) is 0 Å². The van der Waals surface area contributed by atoms with Crippen molar-refractivity contribution in [3.63, 3.8) is 0 Å². The van der Waals surface area contributed by atoms with Gasteiger partial charge in [-0.05, 0) is 48.8 Å². The molecule has 3 atom stereocenters. The molecule has 1 saturated carbocycles. The molecule has 0 saturated heterocycles. The molecule has 0 aromatic heterocycles. The fourth-order valence-electron chi connectivity index (χ4n) is 2.52. The fourth-order valence-corrected chi connectivity index (χ4v) is 2.77. The average Bonchev–Trinajstić information content (AvgIpc) is 2.36. The summed E-state index contributed by atoms with van der Waals surface area (Å²) in [5.41, 5.74) is 0.818. The average molecular weight is 269 g/mol. The maximum Gasteiger partial charge on any atom is 0.138 e. The molecule has 0 spiro atoms. The first-order valence-corrected chi connectivity index (χ1v) is 7.04. The molecule has 100 valence electrons. The van der Waals surface area contributed by atoms with Gasteiger partial charge in [-0.25, -0.2) is 0 Å². The molecule has 0 radical (unpaired) electrons. The molecule has 1 aromatic rings. The summed E-state index contributed by atoms with van der Waals surface area (Å²) in [5.74, 6) is 2.23. The lowest BCUT2D eigenvalue weighted by molar-refractivity contribution is 0.101. The number of ether oxygens (including phenoxy) is 1. The number of hydrogen-bond acceptors (Lipinski definition) is 2. The van der Waals surface area contributed by atoms with Crippen molar-refractivity contribution in [3.8, 4) is 5.75 Å². The van der Waals surface area contributed by atoms with E-state index in [9.17, 15) is 0 Å². The van der Waals surface area contributed by atoms with Gasteiger partial charge in [0.25, 0.3) is 0 Å². The van der Waals surface area contributed by atoms with Gasteiger partial charge in [0.1, 0.15) is 5.75 Å². The van der Waals surface area contributed by atoms with E-state index in [4.69, 9.17) is 21.4 Å². The van der Waals surface area contributed by atoms with Crippen LogP contribution >= 0.6 is 11.6 Å². The lowest BCUT2D eigenvalue weighted by atomic mass is 9.80. The molecular formula is C15H21ClO2. The first-order chi connectivity index (χ1) is 8.60. The predicted molar refractivity (Wildman–Crippen MR) is 74.0 cm³/mol. The Morgan fingerprint density at radius 3 is 2.67 bits per heavy atom. The largest absolute Gasteiger partial charge is 0.489 e. The summed E-state index contributed by atoms with van der Waals surface area (Å²) in [5, 5.41) is 9.63. The Morgan fingerprint density at radius 2 is 2.06 bits per heavy atom. The van der Waals surface area contributed by atoms with Crippen molar-refractivity contribution >= 4 is 11.6 Å². The van der Waals surface area contributed by atoms with Crippen LogP contribution in [0.15, 0.2) is 18.2 Å². The molecule has 1 aromatic carbocycles. The molecule has 3 heteroatoms. The van der Waals surface area contributed by atoms with E-state index in [1.807, 2.05) is 12.1 Å². The van der Waals surface area contributed by atoms with E-state index < -0.39 is 0 Å². The molecule has 1 aliphatic rings.